The van der Waals surface area contributed by atoms with E-state index in [4.69, 9.17) is 4.11 Å². The summed E-state index contributed by atoms with van der Waals surface area (Å²) in [5, 5.41) is 0. The average Bonchev–Trinajstić information content (AvgIpc) is 2.42. The summed E-state index contributed by atoms with van der Waals surface area (Å²) in [5.41, 5.74) is 0.312. The summed E-state index contributed by atoms with van der Waals surface area (Å²) in [5.74, 6) is -1.08. The van der Waals surface area contributed by atoms with Gasteiger partial charge in [-0.05, 0) is 24.5 Å². The van der Waals surface area contributed by atoms with Crippen LogP contribution in [0.2, 0.25) is 0 Å². The number of aryl methyl sites for hydroxylation is 1. The lowest BCUT2D eigenvalue weighted by Crippen LogP contribution is -2.04. The molecule has 5 heteroatoms. The molecule has 0 aliphatic heterocycles. The fourth-order valence-corrected chi connectivity index (χ4v) is 1.91. The summed E-state index contributed by atoms with van der Waals surface area (Å²) < 4.78 is 31.5. The van der Waals surface area contributed by atoms with Crippen LogP contribution in [0.1, 0.15) is 20.0 Å². The van der Waals surface area contributed by atoms with E-state index in [1.54, 1.807) is 0 Å². The average molecular weight is 257 g/mol. The van der Waals surface area contributed by atoms with E-state index < -0.39 is 18.8 Å². The maximum Gasteiger partial charge on any atom is 0.337 e. The molecule has 0 saturated carbocycles. The fourth-order valence-electron chi connectivity index (χ4n) is 1.08. The van der Waals surface area contributed by atoms with Gasteiger partial charge in [-0.25, -0.2) is 4.79 Å². The zero-order valence-electron chi connectivity index (χ0n) is 12.5. The first kappa shape index (κ1) is 9.53. The summed E-state index contributed by atoms with van der Waals surface area (Å²) in [4.78, 5) is 22.9. The molecule has 0 bridgehead atoms. The Hall–Kier alpha value is -1.49. The minimum absolute atomic E-state index is 0.0375. The van der Waals surface area contributed by atoms with E-state index in [2.05, 4.69) is 9.47 Å². The number of hydrogen-bond donors (Lipinski definition) is 0. The number of thioether (sulfide) groups is 1. The van der Waals surface area contributed by atoms with Crippen LogP contribution in [-0.2, 0) is 14.3 Å². The highest BCUT2D eigenvalue weighted by atomic mass is 32.2. The van der Waals surface area contributed by atoms with Gasteiger partial charge in [0.15, 0.2) is 0 Å². The first-order valence-corrected chi connectivity index (χ1v) is 5.70. The summed E-state index contributed by atoms with van der Waals surface area (Å²) in [6, 6.07) is 4.13. The Bertz CT molecular complexity index is 514. The number of carbonyl (C=O) groups is 2. The Morgan fingerprint density at radius 2 is 2.12 bits per heavy atom. The van der Waals surface area contributed by atoms with Gasteiger partial charge in [-0.1, -0.05) is 6.07 Å². The Balaban J connectivity index is 3.13. The molecule has 0 unspecified atom stereocenters. The monoisotopic (exact) mass is 257 g/mol. The second kappa shape index (κ2) is 6.30. The molecule has 0 amide bonds. The third-order valence-electron chi connectivity index (χ3n) is 1.98. The van der Waals surface area contributed by atoms with E-state index in [1.165, 1.54) is 32.4 Å². The molecular formula is C12H14O4S. The first-order chi connectivity index (χ1) is 9.29. The maximum absolute atomic E-state index is 11.5. The minimum Gasteiger partial charge on any atom is -0.468 e. The predicted octanol–water partition coefficient (Wildman–Crippen LogP) is 2.05. The van der Waals surface area contributed by atoms with E-state index >= 15 is 0 Å². The molecule has 4 nitrogen and oxygen atoms in total. The van der Waals surface area contributed by atoms with Gasteiger partial charge in [-0.3, -0.25) is 4.79 Å². The van der Waals surface area contributed by atoms with Crippen molar-refractivity contribution >= 4 is 23.7 Å². The van der Waals surface area contributed by atoms with Crippen LogP contribution in [0, 0.1) is 6.85 Å². The highest BCUT2D eigenvalue weighted by molar-refractivity contribution is 8.00. The molecule has 17 heavy (non-hydrogen) atoms. The van der Waals surface area contributed by atoms with Crippen LogP contribution in [0.3, 0.4) is 0 Å². The van der Waals surface area contributed by atoms with E-state index in [0.717, 1.165) is 11.8 Å². The lowest BCUT2D eigenvalue weighted by atomic mass is 10.1. The predicted molar refractivity (Wildman–Crippen MR) is 65.3 cm³/mol. The number of methoxy groups -OCH3 is 2. The Labute approximate surface area is 109 Å². The van der Waals surface area contributed by atoms with E-state index in [9.17, 15) is 9.59 Å². The van der Waals surface area contributed by atoms with Crippen molar-refractivity contribution in [1.82, 2.24) is 0 Å². The minimum atomic E-state index is -2.33. The molecule has 0 aliphatic rings. The van der Waals surface area contributed by atoms with Gasteiger partial charge in [0.05, 0.1) is 25.5 Å². The second-order valence-electron chi connectivity index (χ2n) is 3.07. The normalized spacial score (nSPS) is 13.2. The fraction of sp³-hybridized carbons (Fsp3) is 0.333. The van der Waals surface area contributed by atoms with E-state index in [-0.39, 0.29) is 16.9 Å². The van der Waals surface area contributed by atoms with Crippen LogP contribution >= 0.6 is 11.8 Å². The molecule has 1 aromatic rings. The van der Waals surface area contributed by atoms with Crippen molar-refractivity contribution in [2.24, 2.45) is 0 Å². The zero-order valence-corrected chi connectivity index (χ0v) is 10.3. The molecule has 0 fully saturated rings. The topological polar surface area (TPSA) is 52.6 Å². The van der Waals surface area contributed by atoms with Crippen molar-refractivity contribution in [2.75, 3.05) is 20.0 Å². The standard InChI is InChI=1S/C12H14O4S/c1-8-4-5-9(12(14)16-3)6-10(8)17-7-11(13)15-2/h4-6H,7H2,1-3H3/i1D3. The van der Waals surface area contributed by atoms with E-state index in [0.29, 0.717) is 4.90 Å². The zero-order chi connectivity index (χ0) is 15.3. The van der Waals surface area contributed by atoms with Crippen LogP contribution < -0.4 is 0 Å². The van der Waals surface area contributed by atoms with Crippen molar-refractivity contribution in [3.05, 3.63) is 29.3 Å². The summed E-state index contributed by atoms with van der Waals surface area (Å²) >= 11 is 1.01. The van der Waals surface area contributed by atoms with Crippen LogP contribution in [0.4, 0.5) is 0 Å². The third kappa shape index (κ3) is 3.78. The third-order valence-corrected chi connectivity index (χ3v) is 3.00. The van der Waals surface area contributed by atoms with Crippen LogP contribution in [0.15, 0.2) is 23.1 Å². The van der Waals surface area contributed by atoms with Gasteiger partial charge in [-0.15, -0.1) is 11.8 Å². The van der Waals surface area contributed by atoms with Gasteiger partial charge in [0.2, 0.25) is 0 Å². The summed E-state index contributed by atoms with van der Waals surface area (Å²) in [6.07, 6.45) is 0. The number of ether oxygens (including phenoxy) is 2. The molecule has 1 rings (SSSR count). The smallest absolute Gasteiger partial charge is 0.337 e. The Kier molecular flexibility index (Phi) is 3.53. The van der Waals surface area contributed by atoms with Gasteiger partial charge in [-0.2, -0.15) is 0 Å². The molecule has 0 aromatic heterocycles. The second-order valence-corrected chi connectivity index (χ2v) is 4.08. The van der Waals surface area contributed by atoms with Crippen LogP contribution in [-0.4, -0.2) is 31.9 Å². The van der Waals surface area contributed by atoms with Gasteiger partial charge in [0, 0.05) is 9.01 Å². The van der Waals surface area contributed by atoms with Gasteiger partial charge in [0.1, 0.15) is 0 Å². The van der Waals surface area contributed by atoms with Crippen molar-refractivity contribution < 1.29 is 23.2 Å². The molecule has 0 spiro atoms. The van der Waals surface area contributed by atoms with Gasteiger partial charge in [0.25, 0.3) is 0 Å². The maximum atomic E-state index is 11.5. The lowest BCUT2D eigenvalue weighted by molar-refractivity contribution is -0.137. The molecule has 0 atom stereocenters. The molecule has 92 valence electrons. The van der Waals surface area contributed by atoms with Crippen molar-refractivity contribution in [3.8, 4) is 0 Å². The van der Waals surface area contributed by atoms with Crippen molar-refractivity contribution in [3.63, 3.8) is 0 Å². The van der Waals surface area contributed by atoms with Crippen molar-refractivity contribution in [1.29, 1.82) is 0 Å². The Morgan fingerprint density at radius 1 is 1.35 bits per heavy atom. The molecule has 0 N–H and O–H groups in total. The number of benzene rings is 1. The quantitative estimate of drug-likeness (QED) is 0.610. The highest BCUT2D eigenvalue weighted by Crippen LogP contribution is 2.24. The largest absolute Gasteiger partial charge is 0.468 e. The first-order valence-electron chi connectivity index (χ1n) is 6.22. The molecule has 0 radical (unpaired) electrons. The summed E-state index contributed by atoms with van der Waals surface area (Å²) in [6.45, 7) is -2.33. The molecule has 1 aromatic carbocycles. The summed E-state index contributed by atoms with van der Waals surface area (Å²) in [7, 11) is 2.49. The number of esters is 2. The number of hydrogen-bond acceptors (Lipinski definition) is 5. The van der Waals surface area contributed by atoms with Crippen LogP contribution in [0.5, 0.6) is 0 Å². The molecule has 0 saturated heterocycles. The number of carbonyl (C=O) groups excluding carboxylic acids is 2. The SMILES string of the molecule is [2H]C([2H])([2H])c1ccc(C(=O)OC)cc1SCC(=O)OC. The van der Waals surface area contributed by atoms with Gasteiger partial charge >= 0.3 is 11.9 Å². The Morgan fingerprint density at radius 3 is 2.71 bits per heavy atom. The van der Waals surface area contributed by atoms with Gasteiger partial charge < -0.3 is 9.47 Å². The molecular weight excluding hydrogens is 240 g/mol. The lowest BCUT2D eigenvalue weighted by Gasteiger charge is -2.07. The van der Waals surface area contributed by atoms with E-state index in [1.807, 2.05) is 0 Å². The highest BCUT2D eigenvalue weighted by Gasteiger charge is 2.10. The van der Waals surface area contributed by atoms with Crippen molar-refractivity contribution in [2.45, 2.75) is 11.7 Å². The van der Waals surface area contributed by atoms with Crippen LogP contribution in [0.25, 0.3) is 0 Å². The molecule has 0 aliphatic carbocycles. The number of rotatable bonds is 4. The molecule has 0 heterocycles.